The van der Waals surface area contributed by atoms with E-state index in [0.717, 1.165) is 6.92 Å². The zero-order chi connectivity index (χ0) is 29.3. The van der Waals surface area contributed by atoms with Gasteiger partial charge in [-0.1, -0.05) is 146 Å². The molecule has 42 heavy (non-hydrogen) atoms. The lowest BCUT2D eigenvalue weighted by Crippen LogP contribution is -2.47. The normalized spacial score (nSPS) is 11.2. The molecule has 0 unspecified atom stereocenters. The molecule has 0 aromatic heterocycles. The zero-order valence-corrected chi connectivity index (χ0v) is 24.5. The molecule has 6 rings (SSSR count). The van der Waals surface area contributed by atoms with Gasteiger partial charge in [0, 0.05) is 23.6 Å². The summed E-state index contributed by atoms with van der Waals surface area (Å²) < 4.78 is 0. The van der Waals surface area contributed by atoms with E-state index in [1.54, 1.807) is 0 Å². The molecule has 0 radical (unpaired) electrons. The summed E-state index contributed by atoms with van der Waals surface area (Å²) in [4.78, 5) is 9.00. The van der Waals surface area contributed by atoms with E-state index >= 15 is 0 Å². The number of carboxylic acid groups (broad SMARTS) is 1. The van der Waals surface area contributed by atoms with Gasteiger partial charge in [0.15, 0.2) is 5.16 Å². The summed E-state index contributed by atoms with van der Waals surface area (Å²) >= 11 is 0. The number of hydrogen-bond donors (Lipinski definition) is 1. The predicted octanol–water partition coefficient (Wildman–Crippen LogP) is 8.06. The van der Waals surface area contributed by atoms with Gasteiger partial charge in [0.1, 0.15) is 23.2 Å². The van der Waals surface area contributed by atoms with Crippen LogP contribution in [0.3, 0.4) is 0 Å². The van der Waals surface area contributed by atoms with Crippen molar-refractivity contribution in [1.29, 1.82) is 0 Å². The third-order valence-electron chi connectivity index (χ3n) is 7.51. The van der Waals surface area contributed by atoms with Gasteiger partial charge in [-0.15, -0.1) is 0 Å². The van der Waals surface area contributed by atoms with Crippen molar-refractivity contribution in [1.82, 2.24) is 0 Å². The molecule has 0 aliphatic rings. The van der Waals surface area contributed by atoms with Gasteiger partial charge in [0.25, 0.3) is 5.97 Å². The molecule has 0 bridgehead atoms. The van der Waals surface area contributed by atoms with Gasteiger partial charge >= 0.3 is 0 Å². The Kier molecular flexibility index (Phi) is 9.07. The molecular weight excluding hydrogens is 531 g/mol. The molecule has 0 aliphatic heterocycles. The molecule has 1 N–H and O–H groups in total. The van der Waals surface area contributed by atoms with E-state index < -0.39 is 18.4 Å². The van der Waals surface area contributed by atoms with Crippen LogP contribution in [-0.4, -0.2) is 11.1 Å². The SMILES string of the molecule is CC(=O)O.c1ccc(C(c2ccccc2)(c2ccccc2)[P+](c2ccccc2)(c2ccccc2)c2ccccc2)cc1. The van der Waals surface area contributed by atoms with E-state index in [-0.39, 0.29) is 0 Å². The van der Waals surface area contributed by atoms with Crippen LogP contribution in [0.25, 0.3) is 0 Å². The molecule has 0 heterocycles. The van der Waals surface area contributed by atoms with Crippen LogP contribution in [-0.2, 0) is 9.95 Å². The lowest BCUT2D eigenvalue weighted by atomic mass is 9.84. The van der Waals surface area contributed by atoms with Crippen molar-refractivity contribution >= 4 is 29.1 Å². The fraction of sp³-hybridized carbons (Fsp3) is 0.0513. The number of hydrogen-bond acceptors (Lipinski definition) is 1. The second kappa shape index (κ2) is 13.3. The minimum atomic E-state index is -2.46. The zero-order valence-electron chi connectivity index (χ0n) is 23.6. The van der Waals surface area contributed by atoms with E-state index in [1.807, 2.05) is 0 Å². The highest BCUT2D eigenvalue weighted by Gasteiger charge is 2.65. The Morgan fingerprint density at radius 2 is 0.619 bits per heavy atom. The highest BCUT2D eigenvalue weighted by Crippen LogP contribution is 2.74. The van der Waals surface area contributed by atoms with E-state index in [1.165, 1.54) is 32.6 Å². The maximum Gasteiger partial charge on any atom is 0.300 e. The van der Waals surface area contributed by atoms with Crippen molar-refractivity contribution in [3.05, 3.63) is 199 Å². The minimum Gasteiger partial charge on any atom is -0.481 e. The first kappa shape index (κ1) is 28.7. The van der Waals surface area contributed by atoms with E-state index in [0.29, 0.717) is 0 Å². The Balaban J connectivity index is 0.000000830. The molecule has 0 aliphatic carbocycles. The monoisotopic (exact) mass is 565 g/mol. The number of carboxylic acids is 1. The van der Waals surface area contributed by atoms with E-state index in [4.69, 9.17) is 9.90 Å². The van der Waals surface area contributed by atoms with Crippen LogP contribution in [0.5, 0.6) is 0 Å². The van der Waals surface area contributed by atoms with Gasteiger partial charge in [-0.05, 0) is 36.4 Å². The number of rotatable bonds is 7. The largest absolute Gasteiger partial charge is 0.481 e. The van der Waals surface area contributed by atoms with Crippen LogP contribution in [0.4, 0.5) is 0 Å². The third kappa shape index (κ3) is 5.30. The minimum absolute atomic E-state index is 0.485. The van der Waals surface area contributed by atoms with Crippen LogP contribution in [0.1, 0.15) is 23.6 Å². The van der Waals surface area contributed by atoms with Gasteiger partial charge in [0.2, 0.25) is 0 Å². The summed E-state index contributed by atoms with van der Waals surface area (Å²) in [5, 5.41) is 11.0. The highest BCUT2D eigenvalue weighted by atomic mass is 31.2. The maximum atomic E-state index is 9.00. The first-order valence-corrected chi connectivity index (χ1v) is 15.8. The molecule has 6 aromatic carbocycles. The standard InChI is InChI=1S/C37H30P.C2H4O2/c1-7-19-31(20-8-1)37(32-21-9-2-10-22-32,33-23-11-3-12-24-33)38(34-25-13-4-14-26-34,35-27-15-5-16-28-35)36-29-17-6-18-30-36;1-2(3)4/h1-30H;1H3,(H,3,4)/q+1;. The van der Waals surface area contributed by atoms with Crippen molar-refractivity contribution < 1.29 is 9.90 Å². The molecule has 2 nitrogen and oxygen atoms in total. The smallest absolute Gasteiger partial charge is 0.300 e. The molecule has 0 saturated heterocycles. The molecular formula is C39H34O2P+. The summed E-state index contributed by atoms with van der Waals surface area (Å²) in [6.07, 6.45) is 0. The Hall–Kier alpha value is -4.78. The van der Waals surface area contributed by atoms with E-state index in [9.17, 15) is 0 Å². The fourth-order valence-electron chi connectivity index (χ4n) is 6.10. The van der Waals surface area contributed by atoms with Crippen molar-refractivity contribution in [2.75, 3.05) is 0 Å². The average molecular weight is 566 g/mol. The van der Waals surface area contributed by atoms with Gasteiger partial charge in [-0.2, -0.15) is 0 Å². The fourth-order valence-corrected chi connectivity index (χ4v) is 11.6. The highest BCUT2D eigenvalue weighted by molar-refractivity contribution is 7.97. The second-order valence-electron chi connectivity index (χ2n) is 10.0. The van der Waals surface area contributed by atoms with Gasteiger partial charge < -0.3 is 5.11 Å². The summed E-state index contributed by atoms with van der Waals surface area (Å²) in [5.41, 5.74) is 3.88. The molecule has 206 valence electrons. The Labute approximate surface area is 249 Å². The van der Waals surface area contributed by atoms with Crippen molar-refractivity contribution in [3.63, 3.8) is 0 Å². The number of carbonyl (C=O) groups is 1. The predicted molar refractivity (Wildman–Crippen MR) is 178 cm³/mol. The quantitative estimate of drug-likeness (QED) is 0.157. The number of aliphatic carboxylic acids is 1. The molecule has 0 atom stereocenters. The summed E-state index contributed by atoms with van der Waals surface area (Å²) in [7, 11) is -2.46. The van der Waals surface area contributed by atoms with Crippen LogP contribution in [0.15, 0.2) is 182 Å². The Morgan fingerprint density at radius 1 is 0.429 bits per heavy atom. The third-order valence-corrected chi connectivity index (χ3v) is 12.5. The average Bonchev–Trinajstić information content (AvgIpc) is 3.06. The summed E-state index contributed by atoms with van der Waals surface area (Å²) in [5.74, 6) is -0.833. The van der Waals surface area contributed by atoms with Crippen molar-refractivity contribution in [2.45, 2.75) is 12.1 Å². The van der Waals surface area contributed by atoms with Crippen LogP contribution >= 0.6 is 7.26 Å². The molecule has 0 amide bonds. The van der Waals surface area contributed by atoms with Crippen LogP contribution < -0.4 is 15.9 Å². The van der Waals surface area contributed by atoms with Crippen molar-refractivity contribution in [2.24, 2.45) is 0 Å². The lowest BCUT2D eigenvalue weighted by Gasteiger charge is -2.46. The molecule has 0 spiro atoms. The summed E-state index contributed by atoms with van der Waals surface area (Å²) in [6, 6.07) is 67.1. The van der Waals surface area contributed by atoms with Gasteiger partial charge in [-0.3, -0.25) is 4.79 Å². The van der Waals surface area contributed by atoms with Crippen LogP contribution in [0.2, 0.25) is 0 Å². The molecule has 0 fully saturated rings. The number of benzene rings is 6. The second-order valence-corrected chi connectivity index (χ2v) is 13.6. The maximum absolute atomic E-state index is 9.00. The van der Waals surface area contributed by atoms with Gasteiger partial charge in [-0.25, -0.2) is 0 Å². The Bertz CT molecular complexity index is 1350. The van der Waals surface area contributed by atoms with Crippen LogP contribution in [0, 0.1) is 0 Å². The first-order valence-electron chi connectivity index (χ1n) is 14.0. The van der Waals surface area contributed by atoms with E-state index in [2.05, 4.69) is 182 Å². The topological polar surface area (TPSA) is 37.3 Å². The molecule has 3 heteroatoms. The molecule has 0 saturated carbocycles. The lowest BCUT2D eigenvalue weighted by molar-refractivity contribution is -0.134. The Morgan fingerprint density at radius 3 is 0.833 bits per heavy atom. The first-order chi connectivity index (χ1) is 20.6. The van der Waals surface area contributed by atoms with Crippen molar-refractivity contribution in [3.8, 4) is 0 Å². The van der Waals surface area contributed by atoms with Gasteiger partial charge in [0.05, 0.1) is 0 Å². The molecule has 6 aromatic rings. The summed E-state index contributed by atoms with van der Waals surface area (Å²) in [6.45, 7) is 1.08.